The number of hydrogen-bond donors (Lipinski definition) is 1. The molecule has 0 unspecified atom stereocenters. The van der Waals surface area contributed by atoms with E-state index in [0.29, 0.717) is 0 Å². The Balaban J connectivity index is 2.07. The zero-order chi connectivity index (χ0) is 14.4. The summed E-state index contributed by atoms with van der Waals surface area (Å²) >= 11 is 5.62. The summed E-state index contributed by atoms with van der Waals surface area (Å²) in [5.41, 5.74) is 2.55. The summed E-state index contributed by atoms with van der Waals surface area (Å²) < 4.78 is 0. The van der Waals surface area contributed by atoms with Gasteiger partial charge in [0.05, 0.1) is 4.99 Å². The van der Waals surface area contributed by atoms with Crippen molar-refractivity contribution in [1.82, 2.24) is 5.32 Å². The van der Waals surface area contributed by atoms with E-state index in [1.165, 1.54) is 11.1 Å². The Kier molecular flexibility index (Phi) is 5.31. The van der Waals surface area contributed by atoms with Gasteiger partial charge in [-0.05, 0) is 24.5 Å². The molecular formula is C18H21NS. The molecular weight excluding hydrogens is 262 g/mol. The molecule has 0 saturated heterocycles. The van der Waals surface area contributed by atoms with Crippen LogP contribution < -0.4 is 5.32 Å². The molecule has 2 heteroatoms. The zero-order valence-corrected chi connectivity index (χ0v) is 12.9. The van der Waals surface area contributed by atoms with Gasteiger partial charge in [0.2, 0.25) is 0 Å². The molecule has 0 heterocycles. The average molecular weight is 283 g/mol. The SMILES string of the molecule is CC[C@H](C(=S)N[C@@H](C)c1ccccc1)c1ccccc1. The third kappa shape index (κ3) is 3.67. The minimum atomic E-state index is 0.237. The predicted octanol–water partition coefficient (Wildman–Crippen LogP) is 4.86. The van der Waals surface area contributed by atoms with Crippen molar-refractivity contribution in [2.45, 2.75) is 32.2 Å². The summed E-state index contributed by atoms with van der Waals surface area (Å²) in [6.45, 7) is 4.33. The quantitative estimate of drug-likeness (QED) is 0.787. The number of thiocarbonyl (C=S) groups is 1. The molecule has 0 amide bonds. The average Bonchev–Trinajstić information content (AvgIpc) is 2.50. The van der Waals surface area contributed by atoms with Crippen LogP contribution >= 0.6 is 12.2 Å². The summed E-state index contributed by atoms with van der Waals surface area (Å²) in [5.74, 6) is 0.289. The molecule has 2 aromatic rings. The first-order valence-electron chi connectivity index (χ1n) is 7.12. The van der Waals surface area contributed by atoms with Crippen molar-refractivity contribution in [3.05, 3.63) is 71.8 Å². The van der Waals surface area contributed by atoms with E-state index in [9.17, 15) is 0 Å². The van der Waals surface area contributed by atoms with E-state index >= 15 is 0 Å². The predicted molar refractivity (Wildman–Crippen MR) is 90.1 cm³/mol. The van der Waals surface area contributed by atoms with Gasteiger partial charge in [0, 0.05) is 12.0 Å². The highest BCUT2D eigenvalue weighted by Gasteiger charge is 2.16. The van der Waals surface area contributed by atoms with Crippen LogP contribution in [0, 0.1) is 0 Å². The lowest BCUT2D eigenvalue weighted by Crippen LogP contribution is -2.29. The first-order chi connectivity index (χ1) is 9.72. The van der Waals surface area contributed by atoms with Crippen LogP contribution in [0.5, 0.6) is 0 Å². The standard InChI is InChI=1S/C18H21NS/c1-3-17(16-12-8-5-9-13-16)18(20)19-14(2)15-10-6-4-7-11-15/h4-14,17H,3H2,1-2H3,(H,19,20)/t14-,17-/m0/s1. The highest BCUT2D eigenvalue weighted by atomic mass is 32.1. The van der Waals surface area contributed by atoms with E-state index in [2.05, 4.69) is 67.7 Å². The molecule has 2 aromatic carbocycles. The lowest BCUT2D eigenvalue weighted by atomic mass is 9.95. The third-order valence-corrected chi connectivity index (χ3v) is 3.99. The van der Waals surface area contributed by atoms with Gasteiger partial charge in [0.25, 0.3) is 0 Å². The molecule has 0 fully saturated rings. The van der Waals surface area contributed by atoms with Crippen LogP contribution in [0.4, 0.5) is 0 Å². The van der Waals surface area contributed by atoms with Gasteiger partial charge < -0.3 is 5.32 Å². The topological polar surface area (TPSA) is 12.0 Å². The van der Waals surface area contributed by atoms with Crippen molar-refractivity contribution >= 4 is 17.2 Å². The largest absolute Gasteiger partial charge is 0.373 e. The molecule has 20 heavy (non-hydrogen) atoms. The lowest BCUT2D eigenvalue weighted by molar-refractivity contribution is 0.691. The maximum atomic E-state index is 5.62. The third-order valence-electron chi connectivity index (χ3n) is 3.59. The van der Waals surface area contributed by atoms with Crippen molar-refractivity contribution < 1.29 is 0 Å². The van der Waals surface area contributed by atoms with Crippen LogP contribution in [0.2, 0.25) is 0 Å². The molecule has 2 atom stereocenters. The Hall–Kier alpha value is -1.67. The normalized spacial score (nSPS) is 13.5. The van der Waals surface area contributed by atoms with Gasteiger partial charge in [0.15, 0.2) is 0 Å². The molecule has 0 saturated carbocycles. The second-order valence-corrected chi connectivity index (χ2v) is 5.45. The molecule has 0 aliphatic heterocycles. The van der Waals surface area contributed by atoms with Crippen LogP contribution in [0.3, 0.4) is 0 Å². The van der Waals surface area contributed by atoms with Crippen LogP contribution in [-0.4, -0.2) is 4.99 Å². The van der Waals surface area contributed by atoms with Gasteiger partial charge in [-0.1, -0.05) is 79.8 Å². The van der Waals surface area contributed by atoms with Gasteiger partial charge in [0.1, 0.15) is 0 Å². The summed E-state index contributed by atoms with van der Waals surface area (Å²) in [6, 6.07) is 21.1. The fourth-order valence-electron chi connectivity index (χ4n) is 2.40. The highest BCUT2D eigenvalue weighted by Crippen LogP contribution is 2.22. The maximum Gasteiger partial charge on any atom is 0.0833 e. The number of nitrogens with one attached hydrogen (secondary N) is 1. The minimum Gasteiger partial charge on any atom is -0.373 e. The van der Waals surface area contributed by atoms with Crippen molar-refractivity contribution in [2.24, 2.45) is 0 Å². The van der Waals surface area contributed by atoms with E-state index in [1.54, 1.807) is 0 Å². The molecule has 0 radical (unpaired) electrons. The molecule has 0 aliphatic carbocycles. The maximum absolute atomic E-state index is 5.62. The Morgan fingerprint density at radius 2 is 1.45 bits per heavy atom. The van der Waals surface area contributed by atoms with Crippen LogP contribution in [0.25, 0.3) is 0 Å². The van der Waals surface area contributed by atoms with Crippen molar-refractivity contribution in [2.75, 3.05) is 0 Å². The lowest BCUT2D eigenvalue weighted by Gasteiger charge is -2.22. The van der Waals surface area contributed by atoms with E-state index in [-0.39, 0.29) is 12.0 Å². The van der Waals surface area contributed by atoms with Gasteiger partial charge in [-0.2, -0.15) is 0 Å². The van der Waals surface area contributed by atoms with Crippen molar-refractivity contribution in [3.8, 4) is 0 Å². The van der Waals surface area contributed by atoms with E-state index in [1.807, 2.05) is 12.1 Å². The van der Waals surface area contributed by atoms with Crippen molar-refractivity contribution in [1.29, 1.82) is 0 Å². The van der Waals surface area contributed by atoms with Crippen LogP contribution in [0.15, 0.2) is 60.7 Å². The highest BCUT2D eigenvalue weighted by molar-refractivity contribution is 7.80. The Labute approximate surface area is 127 Å². The summed E-state index contributed by atoms with van der Waals surface area (Å²) in [6.07, 6.45) is 1.01. The van der Waals surface area contributed by atoms with E-state index in [0.717, 1.165) is 11.4 Å². The number of benzene rings is 2. The Morgan fingerprint density at radius 1 is 0.950 bits per heavy atom. The van der Waals surface area contributed by atoms with Gasteiger partial charge in [-0.3, -0.25) is 0 Å². The van der Waals surface area contributed by atoms with Crippen LogP contribution in [0.1, 0.15) is 43.4 Å². The summed E-state index contributed by atoms with van der Waals surface area (Å²) in [5, 5.41) is 3.48. The second-order valence-electron chi connectivity index (χ2n) is 5.01. The smallest absolute Gasteiger partial charge is 0.0833 e. The first-order valence-corrected chi connectivity index (χ1v) is 7.53. The number of hydrogen-bond acceptors (Lipinski definition) is 1. The minimum absolute atomic E-state index is 0.237. The van der Waals surface area contributed by atoms with Crippen LogP contribution in [-0.2, 0) is 0 Å². The van der Waals surface area contributed by atoms with Gasteiger partial charge in [-0.15, -0.1) is 0 Å². The monoisotopic (exact) mass is 283 g/mol. The molecule has 104 valence electrons. The van der Waals surface area contributed by atoms with E-state index in [4.69, 9.17) is 12.2 Å². The fraction of sp³-hybridized carbons (Fsp3) is 0.278. The molecule has 2 rings (SSSR count). The zero-order valence-electron chi connectivity index (χ0n) is 12.0. The molecule has 0 spiro atoms. The Bertz CT molecular complexity index is 536. The number of rotatable bonds is 5. The Morgan fingerprint density at radius 3 is 1.95 bits per heavy atom. The molecule has 1 nitrogen and oxygen atoms in total. The summed E-state index contributed by atoms with van der Waals surface area (Å²) in [4.78, 5) is 0.926. The van der Waals surface area contributed by atoms with Gasteiger partial charge >= 0.3 is 0 Å². The molecule has 1 N–H and O–H groups in total. The summed E-state index contributed by atoms with van der Waals surface area (Å²) in [7, 11) is 0. The molecule has 0 bridgehead atoms. The van der Waals surface area contributed by atoms with E-state index < -0.39 is 0 Å². The molecule has 0 aliphatic rings. The first kappa shape index (κ1) is 14.7. The fourth-order valence-corrected chi connectivity index (χ4v) is 2.88. The van der Waals surface area contributed by atoms with Crippen molar-refractivity contribution in [3.63, 3.8) is 0 Å². The van der Waals surface area contributed by atoms with Gasteiger partial charge in [-0.25, -0.2) is 0 Å². The molecule has 0 aromatic heterocycles. The second kappa shape index (κ2) is 7.20.